The molecule has 2 N–H and O–H groups in total. The van der Waals surface area contributed by atoms with Crippen LogP contribution >= 0.6 is 0 Å². The van der Waals surface area contributed by atoms with Crippen LogP contribution < -0.4 is 10.2 Å². The molecule has 7 heteroatoms. The van der Waals surface area contributed by atoms with Crippen molar-refractivity contribution in [1.82, 2.24) is 15.1 Å². The van der Waals surface area contributed by atoms with Crippen LogP contribution in [0, 0.1) is 0 Å². The Morgan fingerprint density at radius 1 is 0.969 bits per heavy atom. The molecule has 1 fully saturated rings. The van der Waals surface area contributed by atoms with Gasteiger partial charge in [0.05, 0.1) is 5.69 Å². The zero-order valence-electron chi connectivity index (χ0n) is 18.8. The van der Waals surface area contributed by atoms with Gasteiger partial charge >= 0.3 is 0 Å². The number of benzene rings is 2. The van der Waals surface area contributed by atoms with Gasteiger partial charge < -0.3 is 25.1 Å². The Kier molecular flexibility index (Phi) is 7.14. The van der Waals surface area contributed by atoms with Crippen molar-refractivity contribution in [1.29, 1.82) is 0 Å². The molecule has 0 radical (unpaired) electrons. The van der Waals surface area contributed by atoms with E-state index in [9.17, 15) is 9.90 Å². The SMILES string of the molecule is CN=C(NCCCC(=O)N1CCc2ccccc2C1)N1CCN(c2ccccc2O)CC1. The molecule has 7 nitrogen and oxygen atoms in total. The third kappa shape index (κ3) is 5.15. The van der Waals surface area contributed by atoms with E-state index in [4.69, 9.17) is 0 Å². The van der Waals surface area contributed by atoms with Crippen molar-refractivity contribution >= 4 is 17.6 Å². The normalized spacial score (nSPS) is 16.7. The van der Waals surface area contributed by atoms with Gasteiger partial charge in [0, 0.05) is 59.3 Å². The Balaban J connectivity index is 1.19. The number of aromatic hydroxyl groups is 1. The van der Waals surface area contributed by atoms with Crippen molar-refractivity contribution in [2.45, 2.75) is 25.8 Å². The first kappa shape index (κ1) is 22.0. The van der Waals surface area contributed by atoms with E-state index in [2.05, 4.69) is 38.3 Å². The van der Waals surface area contributed by atoms with Gasteiger partial charge in [-0.25, -0.2) is 0 Å². The first-order valence-corrected chi connectivity index (χ1v) is 11.5. The fourth-order valence-corrected chi connectivity index (χ4v) is 4.53. The summed E-state index contributed by atoms with van der Waals surface area (Å²) in [5.41, 5.74) is 3.52. The number of phenols is 1. The summed E-state index contributed by atoms with van der Waals surface area (Å²) >= 11 is 0. The minimum absolute atomic E-state index is 0.229. The second-order valence-electron chi connectivity index (χ2n) is 8.37. The van der Waals surface area contributed by atoms with Gasteiger partial charge in [-0.1, -0.05) is 36.4 Å². The summed E-state index contributed by atoms with van der Waals surface area (Å²) in [6, 6.07) is 15.9. The molecule has 2 heterocycles. The van der Waals surface area contributed by atoms with Crippen LogP contribution in [0.3, 0.4) is 0 Å². The number of phenolic OH excluding ortho intramolecular Hbond substituents is 1. The number of aliphatic imine (C=N–C) groups is 1. The number of rotatable bonds is 5. The van der Waals surface area contributed by atoms with E-state index in [1.54, 1.807) is 13.1 Å². The lowest BCUT2D eigenvalue weighted by atomic mass is 9.99. The summed E-state index contributed by atoms with van der Waals surface area (Å²) in [4.78, 5) is 23.5. The molecule has 32 heavy (non-hydrogen) atoms. The van der Waals surface area contributed by atoms with Crippen LogP contribution in [0.1, 0.15) is 24.0 Å². The third-order valence-corrected chi connectivity index (χ3v) is 6.35. The van der Waals surface area contributed by atoms with Crippen LogP contribution in [-0.2, 0) is 17.8 Å². The molecule has 0 spiro atoms. The minimum Gasteiger partial charge on any atom is -0.506 e. The second kappa shape index (κ2) is 10.4. The van der Waals surface area contributed by atoms with Gasteiger partial charge in [0.2, 0.25) is 5.91 Å². The topological polar surface area (TPSA) is 71.4 Å². The quantitative estimate of drug-likeness (QED) is 0.429. The number of piperazine rings is 1. The zero-order chi connectivity index (χ0) is 22.3. The van der Waals surface area contributed by atoms with Crippen LogP contribution in [0.2, 0.25) is 0 Å². The van der Waals surface area contributed by atoms with E-state index in [1.807, 2.05) is 29.2 Å². The number of carbonyl (C=O) groups excluding carboxylic acids is 1. The zero-order valence-corrected chi connectivity index (χ0v) is 18.8. The molecular weight excluding hydrogens is 402 g/mol. The molecule has 0 atom stereocenters. The fourth-order valence-electron chi connectivity index (χ4n) is 4.53. The highest BCUT2D eigenvalue weighted by atomic mass is 16.3. The average Bonchev–Trinajstić information content (AvgIpc) is 2.84. The summed E-state index contributed by atoms with van der Waals surface area (Å²) in [6.07, 6.45) is 2.28. The number of nitrogens with zero attached hydrogens (tertiary/aromatic N) is 4. The van der Waals surface area contributed by atoms with E-state index >= 15 is 0 Å². The molecule has 0 unspecified atom stereocenters. The smallest absolute Gasteiger partial charge is 0.222 e. The lowest BCUT2D eigenvalue weighted by Gasteiger charge is -2.37. The summed E-state index contributed by atoms with van der Waals surface area (Å²) in [5.74, 6) is 1.43. The number of carbonyl (C=O) groups is 1. The number of hydrogen-bond acceptors (Lipinski definition) is 4. The van der Waals surface area contributed by atoms with Gasteiger partial charge in [0.1, 0.15) is 5.75 Å². The fraction of sp³-hybridized carbons (Fsp3) is 0.440. The number of para-hydroxylation sites is 2. The van der Waals surface area contributed by atoms with Crippen molar-refractivity contribution in [2.75, 3.05) is 51.2 Å². The van der Waals surface area contributed by atoms with Crippen molar-refractivity contribution in [3.8, 4) is 5.75 Å². The van der Waals surface area contributed by atoms with Crippen molar-refractivity contribution in [2.24, 2.45) is 4.99 Å². The van der Waals surface area contributed by atoms with Crippen molar-refractivity contribution in [3.05, 3.63) is 59.7 Å². The molecule has 4 rings (SSSR count). The van der Waals surface area contributed by atoms with Crippen LogP contribution in [-0.4, -0.2) is 73.1 Å². The molecule has 170 valence electrons. The lowest BCUT2D eigenvalue weighted by Crippen LogP contribution is -2.52. The molecule has 1 amide bonds. The van der Waals surface area contributed by atoms with E-state index in [0.717, 1.165) is 70.3 Å². The number of anilines is 1. The Morgan fingerprint density at radius 3 is 2.44 bits per heavy atom. The first-order chi connectivity index (χ1) is 15.7. The second-order valence-corrected chi connectivity index (χ2v) is 8.37. The molecular formula is C25H33N5O2. The number of guanidine groups is 1. The molecule has 0 aromatic heterocycles. The summed E-state index contributed by atoms with van der Waals surface area (Å²) in [7, 11) is 1.80. The van der Waals surface area contributed by atoms with E-state index in [0.29, 0.717) is 12.2 Å². The first-order valence-electron chi connectivity index (χ1n) is 11.5. The highest BCUT2D eigenvalue weighted by molar-refractivity contribution is 5.80. The molecule has 2 aromatic rings. The minimum atomic E-state index is 0.229. The molecule has 0 aliphatic carbocycles. The molecule has 2 aliphatic rings. The largest absolute Gasteiger partial charge is 0.506 e. The van der Waals surface area contributed by atoms with Crippen molar-refractivity contribution in [3.63, 3.8) is 0 Å². The number of nitrogens with one attached hydrogen (secondary N) is 1. The average molecular weight is 436 g/mol. The van der Waals surface area contributed by atoms with E-state index in [1.165, 1.54) is 11.1 Å². The summed E-state index contributed by atoms with van der Waals surface area (Å²) < 4.78 is 0. The molecule has 0 bridgehead atoms. The van der Waals surface area contributed by atoms with Gasteiger partial charge in [-0.15, -0.1) is 0 Å². The Labute approximate surface area is 190 Å². The predicted octanol–water partition coefficient (Wildman–Crippen LogP) is 2.45. The van der Waals surface area contributed by atoms with Crippen molar-refractivity contribution < 1.29 is 9.90 Å². The predicted molar refractivity (Wildman–Crippen MR) is 128 cm³/mol. The van der Waals surface area contributed by atoms with Crippen LogP contribution in [0.5, 0.6) is 5.75 Å². The number of fused-ring (bicyclic) bond motifs is 1. The van der Waals surface area contributed by atoms with Crippen LogP contribution in [0.4, 0.5) is 5.69 Å². The van der Waals surface area contributed by atoms with Crippen LogP contribution in [0.25, 0.3) is 0 Å². The maximum atomic E-state index is 12.7. The summed E-state index contributed by atoms with van der Waals surface area (Å²) in [5, 5.41) is 13.5. The maximum absolute atomic E-state index is 12.7. The number of amides is 1. The standard InChI is InChI=1S/C25H33N5O2/c1-26-25(29-17-15-28(16-18-29)22-9-4-5-10-23(22)31)27-13-6-11-24(32)30-14-12-20-7-2-3-8-21(20)19-30/h2-5,7-10,31H,6,11-19H2,1H3,(H,26,27). The van der Waals surface area contributed by atoms with Crippen LogP contribution in [0.15, 0.2) is 53.5 Å². The monoisotopic (exact) mass is 435 g/mol. The highest BCUT2D eigenvalue weighted by Crippen LogP contribution is 2.27. The van der Waals surface area contributed by atoms with E-state index < -0.39 is 0 Å². The van der Waals surface area contributed by atoms with Gasteiger partial charge in [0.25, 0.3) is 0 Å². The molecule has 2 aliphatic heterocycles. The Morgan fingerprint density at radius 2 is 1.69 bits per heavy atom. The van der Waals surface area contributed by atoms with Gasteiger partial charge in [0.15, 0.2) is 5.96 Å². The Hall–Kier alpha value is -3.22. The Bertz CT molecular complexity index is 953. The molecule has 1 saturated heterocycles. The van der Waals surface area contributed by atoms with E-state index in [-0.39, 0.29) is 5.91 Å². The van der Waals surface area contributed by atoms with Gasteiger partial charge in [-0.3, -0.25) is 9.79 Å². The summed E-state index contributed by atoms with van der Waals surface area (Å²) in [6.45, 7) is 5.58. The van der Waals surface area contributed by atoms with Gasteiger partial charge in [-0.2, -0.15) is 0 Å². The third-order valence-electron chi connectivity index (χ3n) is 6.35. The maximum Gasteiger partial charge on any atom is 0.222 e. The molecule has 0 saturated carbocycles. The number of hydrogen-bond donors (Lipinski definition) is 2. The molecule has 2 aromatic carbocycles. The van der Waals surface area contributed by atoms with Gasteiger partial charge in [-0.05, 0) is 36.1 Å². The lowest BCUT2D eigenvalue weighted by molar-refractivity contribution is -0.132. The highest BCUT2D eigenvalue weighted by Gasteiger charge is 2.22.